The molecule has 106 valence electrons. The maximum absolute atomic E-state index is 9.73. The Kier molecular flexibility index (Phi) is 5.46. The van der Waals surface area contributed by atoms with Gasteiger partial charge in [0, 0.05) is 15.1 Å². The Bertz CT molecular complexity index is 569. The second-order valence-electron chi connectivity index (χ2n) is 4.52. The molecule has 1 N–H and O–H groups in total. The van der Waals surface area contributed by atoms with Gasteiger partial charge in [0.05, 0.1) is 6.10 Å². The quantitative estimate of drug-likeness (QED) is 0.806. The van der Waals surface area contributed by atoms with Crippen LogP contribution in [0.5, 0.6) is 5.75 Å². The Balaban J connectivity index is 2.00. The molecule has 0 aliphatic heterocycles. The lowest BCUT2D eigenvalue weighted by Crippen LogP contribution is -1.98. The van der Waals surface area contributed by atoms with E-state index in [1.54, 1.807) is 0 Å². The maximum atomic E-state index is 9.73. The number of rotatable bonds is 5. The van der Waals surface area contributed by atoms with E-state index in [4.69, 9.17) is 16.3 Å². The monoisotopic (exact) mass is 354 g/mol. The van der Waals surface area contributed by atoms with Gasteiger partial charge < -0.3 is 9.84 Å². The highest BCUT2D eigenvalue weighted by Crippen LogP contribution is 2.24. The standard InChI is InChI=1S/C16H16BrClO2/c1-2-16(19)11-4-7-14(8-5-11)20-10-12-3-6-13(17)9-15(12)18/h3-9,16,19H,2,10H2,1H3/t16-/m0/s1. The van der Waals surface area contributed by atoms with Crippen LogP contribution in [0.15, 0.2) is 46.9 Å². The molecule has 2 rings (SSSR count). The van der Waals surface area contributed by atoms with Crippen LogP contribution in [0.2, 0.25) is 5.02 Å². The van der Waals surface area contributed by atoms with E-state index in [1.165, 1.54) is 0 Å². The molecule has 0 bridgehead atoms. The lowest BCUT2D eigenvalue weighted by atomic mass is 10.1. The molecule has 4 heteroatoms. The second kappa shape index (κ2) is 7.11. The molecule has 1 atom stereocenters. The van der Waals surface area contributed by atoms with Crippen LogP contribution in [-0.4, -0.2) is 5.11 Å². The third-order valence-corrected chi connectivity index (χ3v) is 3.91. The molecule has 0 aliphatic carbocycles. The van der Waals surface area contributed by atoms with Crippen molar-refractivity contribution < 1.29 is 9.84 Å². The summed E-state index contributed by atoms with van der Waals surface area (Å²) in [6.45, 7) is 2.37. The molecule has 0 saturated heterocycles. The summed E-state index contributed by atoms with van der Waals surface area (Å²) in [5, 5.41) is 10.4. The van der Waals surface area contributed by atoms with Gasteiger partial charge in [-0.05, 0) is 36.2 Å². The topological polar surface area (TPSA) is 29.5 Å². The molecule has 0 unspecified atom stereocenters. The zero-order valence-corrected chi connectivity index (χ0v) is 13.5. The summed E-state index contributed by atoms with van der Waals surface area (Å²) >= 11 is 9.51. The van der Waals surface area contributed by atoms with Crippen LogP contribution in [0.3, 0.4) is 0 Å². The fourth-order valence-corrected chi connectivity index (χ4v) is 2.55. The highest BCUT2D eigenvalue weighted by Gasteiger charge is 2.05. The van der Waals surface area contributed by atoms with Gasteiger partial charge in [0.15, 0.2) is 0 Å². The Morgan fingerprint density at radius 1 is 1.20 bits per heavy atom. The number of ether oxygens (including phenoxy) is 1. The lowest BCUT2D eigenvalue weighted by Gasteiger charge is -2.11. The Morgan fingerprint density at radius 3 is 2.50 bits per heavy atom. The van der Waals surface area contributed by atoms with Crippen LogP contribution in [0.25, 0.3) is 0 Å². The van der Waals surface area contributed by atoms with E-state index in [-0.39, 0.29) is 0 Å². The van der Waals surface area contributed by atoms with Crippen LogP contribution >= 0.6 is 27.5 Å². The average Bonchev–Trinajstić information content (AvgIpc) is 2.46. The smallest absolute Gasteiger partial charge is 0.119 e. The van der Waals surface area contributed by atoms with Crippen LogP contribution in [-0.2, 0) is 6.61 Å². The van der Waals surface area contributed by atoms with Crippen molar-refractivity contribution in [3.05, 3.63) is 63.1 Å². The zero-order valence-electron chi connectivity index (χ0n) is 11.1. The van der Waals surface area contributed by atoms with Gasteiger partial charge in [-0.15, -0.1) is 0 Å². The molecular weight excluding hydrogens is 340 g/mol. The van der Waals surface area contributed by atoms with E-state index in [9.17, 15) is 5.11 Å². The van der Waals surface area contributed by atoms with Crippen molar-refractivity contribution in [2.24, 2.45) is 0 Å². The predicted octanol–water partition coefficient (Wildman–Crippen LogP) is 5.12. The summed E-state index contributed by atoms with van der Waals surface area (Å²) in [4.78, 5) is 0. The van der Waals surface area contributed by atoms with Gasteiger partial charge in [0.1, 0.15) is 12.4 Å². The van der Waals surface area contributed by atoms with Crippen molar-refractivity contribution in [1.82, 2.24) is 0 Å². The van der Waals surface area contributed by atoms with Crippen molar-refractivity contribution in [3.63, 3.8) is 0 Å². The van der Waals surface area contributed by atoms with Crippen LogP contribution in [0, 0.1) is 0 Å². The van der Waals surface area contributed by atoms with E-state index < -0.39 is 6.10 Å². The first-order chi connectivity index (χ1) is 9.60. The minimum atomic E-state index is -0.412. The van der Waals surface area contributed by atoms with E-state index >= 15 is 0 Å². The van der Waals surface area contributed by atoms with Gasteiger partial charge in [0.25, 0.3) is 0 Å². The van der Waals surface area contributed by atoms with E-state index in [0.717, 1.165) is 21.3 Å². The van der Waals surface area contributed by atoms with Crippen molar-refractivity contribution >= 4 is 27.5 Å². The molecule has 2 nitrogen and oxygen atoms in total. The molecule has 0 amide bonds. The van der Waals surface area contributed by atoms with Gasteiger partial charge in [-0.2, -0.15) is 0 Å². The maximum Gasteiger partial charge on any atom is 0.119 e. The van der Waals surface area contributed by atoms with E-state index in [2.05, 4.69) is 15.9 Å². The van der Waals surface area contributed by atoms with Crippen molar-refractivity contribution in [2.45, 2.75) is 26.1 Å². The largest absolute Gasteiger partial charge is 0.489 e. The fraction of sp³-hybridized carbons (Fsp3) is 0.250. The van der Waals surface area contributed by atoms with Crippen molar-refractivity contribution in [3.8, 4) is 5.75 Å². The first-order valence-corrected chi connectivity index (χ1v) is 7.62. The van der Waals surface area contributed by atoms with Crippen LogP contribution in [0.4, 0.5) is 0 Å². The first kappa shape index (κ1) is 15.4. The molecule has 0 aliphatic rings. The number of halogens is 2. The molecule has 0 heterocycles. The Morgan fingerprint density at radius 2 is 1.90 bits per heavy atom. The van der Waals surface area contributed by atoms with Gasteiger partial charge in [-0.1, -0.05) is 52.7 Å². The summed E-state index contributed by atoms with van der Waals surface area (Å²) in [5.41, 5.74) is 1.84. The molecular formula is C16H16BrClO2. The fourth-order valence-electron chi connectivity index (χ4n) is 1.82. The van der Waals surface area contributed by atoms with Gasteiger partial charge >= 0.3 is 0 Å². The number of aliphatic hydroxyl groups is 1. The average molecular weight is 356 g/mol. The summed E-state index contributed by atoms with van der Waals surface area (Å²) in [6, 6.07) is 13.2. The van der Waals surface area contributed by atoms with E-state index in [1.807, 2.05) is 49.4 Å². The zero-order chi connectivity index (χ0) is 14.5. The highest BCUT2D eigenvalue weighted by atomic mass is 79.9. The van der Waals surface area contributed by atoms with Gasteiger partial charge in [0.2, 0.25) is 0 Å². The second-order valence-corrected chi connectivity index (χ2v) is 5.84. The number of hydrogen-bond acceptors (Lipinski definition) is 2. The minimum absolute atomic E-state index is 0.412. The number of aliphatic hydroxyl groups excluding tert-OH is 1. The molecule has 2 aromatic carbocycles. The normalized spacial score (nSPS) is 12.2. The van der Waals surface area contributed by atoms with Gasteiger partial charge in [-0.3, -0.25) is 0 Å². The van der Waals surface area contributed by atoms with E-state index in [0.29, 0.717) is 18.1 Å². The summed E-state index contributed by atoms with van der Waals surface area (Å²) < 4.78 is 6.65. The van der Waals surface area contributed by atoms with Crippen LogP contribution in [0.1, 0.15) is 30.6 Å². The Labute approximate surface area is 132 Å². The van der Waals surface area contributed by atoms with Crippen LogP contribution < -0.4 is 4.74 Å². The molecule has 0 fully saturated rings. The summed E-state index contributed by atoms with van der Waals surface area (Å²) in [5.74, 6) is 0.760. The van der Waals surface area contributed by atoms with Crippen molar-refractivity contribution in [1.29, 1.82) is 0 Å². The SMILES string of the molecule is CC[C@H](O)c1ccc(OCc2ccc(Br)cc2Cl)cc1. The molecule has 20 heavy (non-hydrogen) atoms. The molecule has 0 aromatic heterocycles. The third-order valence-electron chi connectivity index (χ3n) is 3.06. The molecule has 0 spiro atoms. The number of hydrogen-bond donors (Lipinski definition) is 1. The summed E-state index contributed by atoms with van der Waals surface area (Å²) in [7, 11) is 0. The van der Waals surface area contributed by atoms with Crippen molar-refractivity contribution in [2.75, 3.05) is 0 Å². The minimum Gasteiger partial charge on any atom is -0.489 e. The molecule has 0 saturated carbocycles. The Hall–Kier alpha value is -1.03. The third kappa shape index (κ3) is 3.98. The molecule has 0 radical (unpaired) electrons. The predicted molar refractivity (Wildman–Crippen MR) is 85.2 cm³/mol. The first-order valence-electron chi connectivity index (χ1n) is 6.45. The van der Waals surface area contributed by atoms with Gasteiger partial charge in [-0.25, -0.2) is 0 Å². The highest BCUT2D eigenvalue weighted by molar-refractivity contribution is 9.10. The number of benzene rings is 2. The molecule has 2 aromatic rings. The lowest BCUT2D eigenvalue weighted by molar-refractivity contribution is 0.173. The summed E-state index contributed by atoms with van der Waals surface area (Å²) in [6.07, 6.45) is 0.291.